The zero-order valence-electron chi connectivity index (χ0n) is 15.8. The molecule has 0 radical (unpaired) electrons. The zero-order chi connectivity index (χ0) is 21.4. The van der Waals surface area contributed by atoms with Gasteiger partial charge >= 0.3 is 0 Å². The number of hydrogen-bond acceptors (Lipinski definition) is 4. The lowest BCUT2D eigenvalue weighted by Gasteiger charge is -2.06. The fourth-order valence-corrected chi connectivity index (χ4v) is 2.73. The molecule has 0 aliphatic heterocycles. The highest BCUT2D eigenvalue weighted by molar-refractivity contribution is 6.34. The van der Waals surface area contributed by atoms with E-state index in [2.05, 4.69) is 5.32 Å². The van der Waals surface area contributed by atoms with Crippen LogP contribution in [0.5, 0.6) is 0 Å². The van der Waals surface area contributed by atoms with E-state index in [0.29, 0.717) is 27.1 Å². The van der Waals surface area contributed by atoms with Crippen molar-refractivity contribution in [2.24, 2.45) is 0 Å². The Balaban J connectivity index is 0.000000212. The lowest BCUT2D eigenvalue weighted by Crippen LogP contribution is -2.14. The molecule has 0 atom stereocenters. The van der Waals surface area contributed by atoms with Crippen molar-refractivity contribution in [2.75, 3.05) is 16.8 Å². The molecule has 0 saturated carbocycles. The number of anilines is 3. The van der Waals surface area contributed by atoms with Gasteiger partial charge in [0, 0.05) is 5.69 Å². The summed E-state index contributed by atoms with van der Waals surface area (Å²) < 4.78 is 0. The first-order chi connectivity index (χ1) is 13.8. The average molecular weight is 430 g/mol. The Morgan fingerprint density at radius 1 is 0.828 bits per heavy atom. The van der Waals surface area contributed by atoms with Gasteiger partial charge in [0.25, 0.3) is 0 Å². The number of halogens is 2. The summed E-state index contributed by atoms with van der Waals surface area (Å²) >= 11 is 11.9. The number of ketones is 1. The summed E-state index contributed by atoms with van der Waals surface area (Å²) in [7, 11) is 0. The molecule has 5 N–H and O–H groups in total. The van der Waals surface area contributed by atoms with Gasteiger partial charge in [-0.1, -0.05) is 53.5 Å². The third-order valence-corrected chi connectivity index (χ3v) is 4.46. The van der Waals surface area contributed by atoms with E-state index in [1.807, 2.05) is 30.3 Å². The molecule has 3 rings (SSSR count). The van der Waals surface area contributed by atoms with Crippen molar-refractivity contribution in [3.8, 4) is 11.1 Å². The summed E-state index contributed by atoms with van der Waals surface area (Å²) in [5, 5.41) is 3.68. The van der Waals surface area contributed by atoms with Crippen LogP contribution in [0.4, 0.5) is 17.1 Å². The predicted molar refractivity (Wildman–Crippen MR) is 121 cm³/mol. The van der Waals surface area contributed by atoms with E-state index in [1.165, 1.54) is 6.92 Å². The number of benzene rings is 3. The average Bonchev–Trinajstić information content (AvgIpc) is 2.67. The van der Waals surface area contributed by atoms with Gasteiger partial charge in [0.05, 0.1) is 27.8 Å². The van der Waals surface area contributed by atoms with Gasteiger partial charge < -0.3 is 16.8 Å². The van der Waals surface area contributed by atoms with Crippen molar-refractivity contribution < 1.29 is 9.59 Å². The molecule has 1 amide bonds. The summed E-state index contributed by atoms with van der Waals surface area (Å²) in [5.41, 5.74) is 15.0. The largest absolute Gasteiger partial charge is 0.398 e. The Labute approximate surface area is 179 Å². The molecule has 0 aliphatic rings. The van der Waals surface area contributed by atoms with E-state index in [4.69, 9.17) is 34.7 Å². The first-order valence-electron chi connectivity index (χ1n) is 8.71. The fraction of sp³-hybridized carbons (Fsp3) is 0.0909. The Hall–Kier alpha value is -3.02. The lowest BCUT2D eigenvalue weighted by molar-refractivity contribution is -0.124. The number of nitrogens with two attached hydrogens (primary N) is 2. The monoisotopic (exact) mass is 429 g/mol. The van der Waals surface area contributed by atoms with Gasteiger partial charge in [0.15, 0.2) is 0 Å². The fourth-order valence-electron chi connectivity index (χ4n) is 2.37. The van der Waals surface area contributed by atoms with Crippen molar-refractivity contribution in [3.63, 3.8) is 0 Å². The summed E-state index contributed by atoms with van der Waals surface area (Å²) in [6, 6.07) is 20.0. The minimum absolute atomic E-state index is 0.0606. The molecule has 0 saturated heterocycles. The van der Waals surface area contributed by atoms with Crippen LogP contribution in [-0.2, 0) is 9.59 Å². The summed E-state index contributed by atoms with van der Waals surface area (Å²) in [6.07, 6.45) is -0.0606. The second-order valence-corrected chi connectivity index (χ2v) is 7.08. The van der Waals surface area contributed by atoms with Crippen LogP contribution in [-0.4, -0.2) is 11.7 Å². The van der Waals surface area contributed by atoms with Gasteiger partial charge in [-0.2, -0.15) is 0 Å². The van der Waals surface area contributed by atoms with Gasteiger partial charge in [0.1, 0.15) is 5.78 Å². The minimum Gasteiger partial charge on any atom is -0.398 e. The van der Waals surface area contributed by atoms with Crippen LogP contribution < -0.4 is 16.8 Å². The van der Waals surface area contributed by atoms with Gasteiger partial charge in [-0.25, -0.2) is 0 Å². The van der Waals surface area contributed by atoms with Crippen LogP contribution in [0.15, 0.2) is 66.7 Å². The van der Waals surface area contributed by atoms with Crippen LogP contribution >= 0.6 is 23.2 Å². The minimum atomic E-state index is -0.265. The number of para-hydroxylation sites is 1. The maximum absolute atomic E-state index is 11.1. The van der Waals surface area contributed by atoms with E-state index in [-0.39, 0.29) is 18.1 Å². The molecule has 3 aromatic rings. The van der Waals surface area contributed by atoms with E-state index in [9.17, 15) is 9.59 Å². The molecule has 0 aliphatic carbocycles. The number of carbonyl (C=O) groups excluding carboxylic acids is 2. The Morgan fingerprint density at radius 2 is 1.31 bits per heavy atom. The molecular weight excluding hydrogens is 409 g/mol. The number of rotatable bonds is 4. The molecule has 29 heavy (non-hydrogen) atoms. The van der Waals surface area contributed by atoms with Gasteiger partial charge in [0.2, 0.25) is 5.91 Å². The third kappa shape index (κ3) is 7.14. The Bertz CT molecular complexity index is 959. The number of nitrogen functional groups attached to an aromatic ring is 2. The standard InChI is InChI=1S/C12H10Cl2N2.C10H11NO2/c13-9-5-7(1-3-11(9)15)8-2-4-12(16)10(14)6-8;1-8(12)7-10(13)11-9-5-3-2-4-6-9/h1-6H,15-16H2;2-6H,7H2,1H3,(H,11,13). The number of nitrogens with one attached hydrogen (secondary N) is 1. The molecular formula is C22H21Cl2N3O2. The summed E-state index contributed by atoms with van der Waals surface area (Å²) in [4.78, 5) is 21.7. The Morgan fingerprint density at radius 3 is 1.72 bits per heavy atom. The highest BCUT2D eigenvalue weighted by atomic mass is 35.5. The van der Waals surface area contributed by atoms with Crippen molar-refractivity contribution in [1.29, 1.82) is 0 Å². The molecule has 0 aromatic heterocycles. The van der Waals surface area contributed by atoms with Gasteiger partial charge in [-0.3, -0.25) is 9.59 Å². The molecule has 0 fully saturated rings. The van der Waals surface area contributed by atoms with Crippen LogP contribution in [0.25, 0.3) is 11.1 Å². The van der Waals surface area contributed by atoms with Crippen molar-refractivity contribution in [2.45, 2.75) is 13.3 Å². The van der Waals surface area contributed by atoms with E-state index >= 15 is 0 Å². The second kappa shape index (κ2) is 10.5. The lowest BCUT2D eigenvalue weighted by atomic mass is 10.1. The topological polar surface area (TPSA) is 98.2 Å². The first-order valence-corrected chi connectivity index (χ1v) is 9.46. The normalized spacial score (nSPS) is 9.90. The van der Waals surface area contributed by atoms with E-state index in [1.54, 1.807) is 36.4 Å². The van der Waals surface area contributed by atoms with Crippen molar-refractivity contribution in [1.82, 2.24) is 0 Å². The molecule has 0 unspecified atom stereocenters. The quantitative estimate of drug-likeness (QED) is 0.380. The van der Waals surface area contributed by atoms with Gasteiger partial charge in [-0.15, -0.1) is 0 Å². The molecule has 0 heterocycles. The van der Waals surface area contributed by atoms with E-state index in [0.717, 1.165) is 11.1 Å². The number of Topliss-reactive ketones (excluding diaryl/α,β-unsaturated/α-hetero) is 1. The molecule has 5 nitrogen and oxygen atoms in total. The maximum Gasteiger partial charge on any atom is 0.231 e. The second-order valence-electron chi connectivity index (χ2n) is 6.27. The van der Waals surface area contributed by atoms with Crippen LogP contribution in [0.3, 0.4) is 0 Å². The van der Waals surface area contributed by atoms with E-state index < -0.39 is 0 Å². The van der Waals surface area contributed by atoms with Crippen LogP contribution in [0.1, 0.15) is 13.3 Å². The third-order valence-electron chi connectivity index (χ3n) is 3.80. The predicted octanol–water partition coefficient (Wildman–Crippen LogP) is 5.43. The molecule has 0 spiro atoms. The maximum atomic E-state index is 11.1. The van der Waals surface area contributed by atoms with Crippen LogP contribution in [0, 0.1) is 0 Å². The molecule has 3 aromatic carbocycles. The Kier molecular flexibility index (Phi) is 8.07. The number of carbonyl (C=O) groups is 2. The van der Waals surface area contributed by atoms with Crippen molar-refractivity contribution >= 4 is 52.0 Å². The van der Waals surface area contributed by atoms with Gasteiger partial charge in [-0.05, 0) is 54.4 Å². The zero-order valence-corrected chi connectivity index (χ0v) is 17.3. The smallest absolute Gasteiger partial charge is 0.231 e. The molecule has 7 heteroatoms. The summed E-state index contributed by atoms with van der Waals surface area (Å²) in [5.74, 6) is -0.396. The molecule has 150 valence electrons. The highest BCUT2D eigenvalue weighted by Crippen LogP contribution is 2.30. The highest BCUT2D eigenvalue weighted by Gasteiger charge is 2.05. The number of hydrogen-bond donors (Lipinski definition) is 3. The summed E-state index contributed by atoms with van der Waals surface area (Å²) in [6.45, 7) is 1.39. The SMILES string of the molecule is CC(=O)CC(=O)Nc1ccccc1.Nc1ccc(-c2ccc(N)c(Cl)c2)cc1Cl. The molecule has 0 bridgehead atoms. The van der Waals surface area contributed by atoms with Crippen LogP contribution in [0.2, 0.25) is 10.0 Å². The first kappa shape index (κ1) is 22.3. The number of amides is 1. The van der Waals surface area contributed by atoms with Crippen molar-refractivity contribution in [3.05, 3.63) is 76.8 Å².